The Balaban J connectivity index is 2.03. The fourth-order valence-electron chi connectivity index (χ4n) is 1.68. The number of Topliss-reactive ketones (excluding diaryl/α,β-unsaturated/α-hetero) is 1. The minimum Gasteiger partial charge on any atom is -0.496 e. The highest BCUT2D eigenvalue weighted by Crippen LogP contribution is 2.26. The highest BCUT2D eigenvalue weighted by atomic mass is 79.9. The topological polar surface area (TPSA) is 38.3 Å². The number of hydrogen-bond acceptors (Lipinski definition) is 3. The summed E-state index contributed by atoms with van der Waals surface area (Å²) in [6.45, 7) is 1.66. The van der Waals surface area contributed by atoms with Crippen LogP contribution in [0.3, 0.4) is 0 Å². The third kappa shape index (κ3) is 2.44. The Hall–Kier alpha value is -0.870. The summed E-state index contributed by atoms with van der Waals surface area (Å²) in [6, 6.07) is 5.77. The molecule has 1 aromatic rings. The van der Waals surface area contributed by atoms with Gasteiger partial charge in [0.1, 0.15) is 11.5 Å². The zero-order valence-electron chi connectivity index (χ0n) is 9.13. The van der Waals surface area contributed by atoms with Gasteiger partial charge in [-0.1, -0.05) is 6.07 Å². The molecule has 16 heavy (non-hydrogen) atoms. The van der Waals surface area contributed by atoms with Gasteiger partial charge in [0.25, 0.3) is 0 Å². The fraction of sp³-hybridized carbons (Fsp3) is 0.417. The van der Waals surface area contributed by atoms with E-state index in [1.807, 2.05) is 18.2 Å². The molecule has 1 N–H and O–H groups in total. The minimum absolute atomic E-state index is 0.209. The van der Waals surface area contributed by atoms with Crippen molar-refractivity contribution in [2.24, 2.45) is 5.92 Å². The molecule has 1 aromatic carbocycles. The number of ketones is 1. The van der Waals surface area contributed by atoms with E-state index in [1.165, 1.54) is 0 Å². The molecule has 86 valence electrons. The average Bonchev–Trinajstić information content (AvgIpc) is 2.15. The van der Waals surface area contributed by atoms with E-state index in [1.54, 1.807) is 7.11 Å². The molecule has 1 fully saturated rings. The van der Waals surface area contributed by atoms with Crippen molar-refractivity contribution in [3.8, 4) is 5.75 Å². The minimum atomic E-state index is 0.209. The second-order valence-corrected chi connectivity index (χ2v) is 4.82. The van der Waals surface area contributed by atoms with Crippen molar-refractivity contribution in [3.63, 3.8) is 0 Å². The summed E-state index contributed by atoms with van der Waals surface area (Å²) in [6.07, 6.45) is 0.509. The quantitative estimate of drug-likeness (QED) is 0.916. The van der Waals surface area contributed by atoms with Gasteiger partial charge in [0.05, 0.1) is 11.6 Å². The second-order valence-electron chi connectivity index (χ2n) is 3.97. The van der Waals surface area contributed by atoms with E-state index >= 15 is 0 Å². The molecule has 2 rings (SSSR count). The van der Waals surface area contributed by atoms with Crippen LogP contribution in [0, 0.1) is 5.92 Å². The monoisotopic (exact) mass is 283 g/mol. The maximum atomic E-state index is 11.8. The fourth-order valence-corrected chi connectivity index (χ4v) is 2.27. The lowest BCUT2D eigenvalue weighted by Gasteiger charge is -2.25. The summed E-state index contributed by atoms with van der Waals surface area (Å²) in [4.78, 5) is 11.8. The lowest BCUT2D eigenvalue weighted by atomic mass is 9.93. The number of nitrogens with one attached hydrogen (secondary N) is 1. The van der Waals surface area contributed by atoms with Gasteiger partial charge in [-0.25, -0.2) is 0 Å². The number of halogens is 1. The highest BCUT2D eigenvalue weighted by molar-refractivity contribution is 9.10. The number of hydrogen-bond donors (Lipinski definition) is 1. The predicted octanol–water partition coefficient (Wildman–Crippen LogP) is 1.79. The van der Waals surface area contributed by atoms with Gasteiger partial charge < -0.3 is 10.1 Å². The number of carbonyl (C=O) groups excluding carboxylic acids is 1. The molecule has 0 bridgehead atoms. The normalized spacial score (nSPS) is 15.6. The second kappa shape index (κ2) is 4.97. The molecule has 0 radical (unpaired) electrons. The third-order valence-electron chi connectivity index (χ3n) is 2.83. The van der Waals surface area contributed by atoms with Crippen molar-refractivity contribution in [1.29, 1.82) is 0 Å². The summed E-state index contributed by atoms with van der Waals surface area (Å²) in [5, 5.41) is 3.11. The molecule has 1 heterocycles. The van der Waals surface area contributed by atoms with Crippen molar-refractivity contribution < 1.29 is 9.53 Å². The Kier molecular flexibility index (Phi) is 3.61. The smallest absolute Gasteiger partial charge is 0.142 e. The van der Waals surface area contributed by atoms with Crippen LogP contribution in [0.5, 0.6) is 5.75 Å². The van der Waals surface area contributed by atoms with Gasteiger partial charge in [-0.3, -0.25) is 4.79 Å². The third-order valence-corrected chi connectivity index (χ3v) is 3.45. The van der Waals surface area contributed by atoms with Crippen LogP contribution in [0.15, 0.2) is 22.7 Å². The van der Waals surface area contributed by atoms with Gasteiger partial charge in [-0.15, -0.1) is 0 Å². The first kappa shape index (κ1) is 11.6. The van der Waals surface area contributed by atoms with E-state index in [4.69, 9.17) is 4.74 Å². The SMILES string of the molecule is COc1ccc(CC(=O)C2CNC2)cc1Br. The number of rotatable bonds is 4. The van der Waals surface area contributed by atoms with Gasteiger partial charge in [0.15, 0.2) is 0 Å². The molecule has 0 unspecified atom stereocenters. The van der Waals surface area contributed by atoms with Crippen LogP contribution in [0.2, 0.25) is 0 Å². The highest BCUT2D eigenvalue weighted by Gasteiger charge is 2.24. The van der Waals surface area contributed by atoms with E-state index in [9.17, 15) is 4.79 Å². The summed E-state index contributed by atoms with van der Waals surface area (Å²) in [7, 11) is 1.63. The summed E-state index contributed by atoms with van der Waals surface area (Å²) >= 11 is 3.42. The molecule has 0 amide bonds. The summed E-state index contributed by atoms with van der Waals surface area (Å²) in [5.41, 5.74) is 1.03. The van der Waals surface area contributed by atoms with Crippen LogP contribution in [0.4, 0.5) is 0 Å². The van der Waals surface area contributed by atoms with Crippen LogP contribution < -0.4 is 10.1 Å². The molecular formula is C12H14BrNO2. The zero-order valence-corrected chi connectivity index (χ0v) is 10.7. The molecule has 0 saturated carbocycles. The van der Waals surface area contributed by atoms with Crippen molar-refractivity contribution in [2.75, 3.05) is 20.2 Å². The van der Waals surface area contributed by atoms with E-state index in [-0.39, 0.29) is 5.92 Å². The number of benzene rings is 1. The lowest BCUT2D eigenvalue weighted by molar-refractivity contribution is -0.123. The molecule has 0 spiro atoms. The predicted molar refractivity (Wildman–Crippen MR) is 65.8 cm³/mol. The molecule has 0 aromatic heterocycles. The van der Waals surface area contributed by atoms with Gasteiger partial charge in [-0.2, -0.15) is 0 Å². The Morgan fingerprint density at radius 2 is 2.31 bits per heavy atom. The number of ether oxygens (including phenoxy) is 1. The van der Waals surface area contributed by atoms with Gasteiger partial charge >= 0.3 is 0 Å². The van der Waals surface area contributed by atoms with Crippen molar-refractivity contribution in [2.45, 2.75) is 6.42 Å². The summed E-state index contributed by atoms with van der Waals surface area (Å²) in [5.74, 6) is 1.32. The van der Waals surface area contributed by atoms with Crippen molar-refractivity contribution in [1.82, 2.24) is 5.32 Å². The molecule has 3 nitrogen and oxygen atoms in total. The zero-order chi connectivity index (χ0) is 11.5. The van der Waals surface area contributed by atoms with Gasteiger partial charge in [0.2, 0.25) is 0 Å². The Bertz CT molecular complexity index is 402. The first-order chi connectivity index (χ1) is 7.70. The average molecular weight is 284 g/mol. The van der Waals surface area contributed by atoms with Crippen molar-refractivity contribution >= 4 is 21.7 Å². The maximum absolute atomic E-state index is 11.8. The van der Waals surface area contributed by atoms with Gasteiger partial charge in [0, 0.05) is 25.4 Å². The number of methoxy groups -OCH3 is 1. The van der Waals surface area contributed by atoms with E-state index in [0.717, 1.165) is 28.9 Å². The first-order valence-electron chi connectivity index (χ1n) is 5.26. The van der Waals surface area contributed by atoms with E-state index in [0.29, 0.717) is 12.2 Å². The number of carbonyl (C=O) groups is 1. The molecule has 1 aliphatic rings. The van der Waals surface area contributed by atoms with E-state index < -0.39 is 0 Å². The van der Waals surface area contributed by atoms with Crippen LogP contribution in [-0.2, 0) is 11.2 Å². The molecule has 1 saturated heterocycles. The Morgan fingerprint density at radius 1 is 1.56 bits per heavy atom. The largest absolute Gasteiger partial charge is 0.496 e. The Morgan fingerprint density at radius 3 is 2.81 bits per heavy atom. The molecule has 4 heteroatoms. The molecular weight excluding hydrogens is 270 g/mol. The lowest BCUT2D eigenvalue weighted by Crippen LogP contribution is -2.47. The molecule has 0 atom stereocenters. The summed E-state index contributed by atoms with van der Waals surface area (Å²) < 4.78 is 6.04. The van der Waals surface area contributed by atoms with Crippen molar-refractivity contribution in [3.05, 3.63) is 28.2 Å². The molecule has 1 aliphatic heterocycles. The van der Waals surface area contributed by atoms with Crippen LogP contribution in [-0.4, -0.2) is 26.0 Å². The van der Waals surface area contributed by atoms with Crippen LogP contribution in [0.1, 0.15) is 5.56 Å². The van der Waals surface area contributed by atoms with Crippen LogP contribution >= 0.6 is 15.9 Å². The van der Waals surface area contributed by atoms with Crippen LogP contribution in [0.25, 0.3) is 0 Å². The van der Waals surface area contributed by atoms with E-state index in [2.05, 4.69) is 21.2 Å². The maximum Gasteiger partial charge on any atom is 0.142 e. The Labute approximate surface area is 103 Å². The van der Waals surface area contributed by atoms with Gasteiger partial charge in [-0.05, 0) is 33.6 Å². The molecule has 0 aliphatic carbocycles. The first-order valence-corrected chi connectivity index (χ1v) is 6.06. The standard InChI is InChI=1S/C12H14BrNO2/c1-16-12-3-2-8(4-10(12)13)5-11(15)9-6-14-7-9/h2-4,9,14H,5-7H2,1H3.